The molecule has 0 bridgehead atoms. The van der Waals surface area contributed by atoms with Crippen molar-refractivity contribution in [2.45, 2.75) is 110 Å². The van der Waals surface area contributed by atoms with E-state index < -0.39 is 27.1 Å². The topological polar surface area (TPSA) is 107 Å². The molecule has 0 aromatic heterocycles. The van der Waals surface area contributed by atoms with E-state index in [9.17, 15) is 4.57 Å². The van der Waals surface area contributed by atoms with Gasteiger partial charge in [-0.1, -0.05) is 104 Å². The van der Waals surface area contributed by atoms with Crippen LogP contribution in [0.3, 0.4) is 0 Å². The number of unbranched alkanes of at least 4 members (excludes halogenated alkanes) is 13. The molecule has 0 aliphatic carbocycles. The van der Waals surface area contributed by atoms with Crippen molar-refractivity contribution in [3.8, 4) is 0 Å². The molecule has 0 aliphatic rings. The Balaban J connectivity index is -0.000000210. The maximum Gasteiger partial charge on any atom is 1.00 e. The van der Waals surface area contributed by atoms with E-state index in [-0.39, 0.29) is 31.0 Å². The molecule has 0 rings (SSSR count). The molecule has 0 spiro atoms. The monoisotopic (exact) mass is 422 g/mol. The SMILES string of the molecule is CCCCCCCCCCCCCCCC.O=P(O)(O)OCC(O)CO.[H-].[Na+]. The molecule has 27 heavy (non-hydrogen) atoms. The van der Waals surface area contributed by atoms with Gasteiger partial charge in [-0.05, 0) is 0 Å². The quantitative estimate of drug-likeness (QED) is 0.162. The zero-order valence-corrected chi connectivity index (χ0v) is 20.8. The summed E-state index contributed by atoms with van der Waals surface area (Å²) in [6.07, 6.45) is 19.2. The number of aliphatic hydroxyl groups is 2. The Morgan fingerprint density at radius 1 is 0.778 bits per heavy atom. The second-order valence-corrected chi connectivity index (χ2v) is 8.10. The van der Waals surface area contributed by atoms with Crippen LogP contribution >= 0.6 is 7.82 Å². The number of hydrogen-bond acceptors (Lipinski definition) is 4. The molecule has 0 aromatic carbocycles. The average Bonchev–Trinajstić information content (AvgIpc) is 2.60. The summed E-state index contributed by atoms with van der Waals surface area (Å²) in [6.45, 7) is 3.43. The van der Waals surface area contributed by atoms with Crippen LogP contribution in [0.2, 0.25) is 0 Å². The van der Waals surface area contributed by atoms with Crippen molar-refractivity contribution < 1.29 is 60.1 Å². The van der Waals surface area contributed by atoms with E-state index in [2.05, 4.69) is 18.4 Å². The second-order valence-electron chi connectivity index (χ2n) is 6.87. The van der Waals surface area contributed by atoms with Gasteiger partial charge in [0.15, 0.2) is 0 Å². The van der Waals surface area contributed by atoms with Crippen LogP contribution in [0.1, 0.15) is 105 Å². The molecule has 0 heterocycles. The van der Waals surface area contributed by atoms with E-state index in [1.807, 2.05) is 0 Å². The average molecular weight is 423 g/mol. The summed E-state index contributed by atoms with van der Waals surface area (Å²) in [7, 11) is -4.50. The second kappa shape index (κ2) is 25.1. The number of hydrogen-bond donors (Lipinski definition) is 4. The summed E-state index contributed by atoms with van der Waals surface area (Å²) in [5.74, 6) is 0. The molecule has 0 aromatic rings. The smallest absolute Gasteiger partial charge is 1.00 e. The molecule has 8 heteroatoms. The minimum Gasteiger partial charge on any atom is -1.00 e. The zero-order valence-electron chi connectivity index (χ0n) is 18.9. The fourth-order valence-corrected chi connectivity index (χ4v) is 2.87. The van der Waals surface area contributed by atoms with Crippen molar-refractivity contribution >= 4 is 7.82 Å². The Kier molecular flexibility index (Phi) is 30.3. The molecule has 6 nitrogen and oxygen atoms in total. The maximum absolute atomic E-state index is 9.93. The fraction of sp³-hybridized carbons (Fsp3) is 1.00. The van der Waals surface area contributed by atoms with E-state index >= 15 is 0 Å². The Labute approximate surface area is 190 Å². The van der Waals surface area contributed by atoms with E-state index in [0.29, 0.717) is 0 Å². The van der Waals surface area contributed by atoms with Gasteiger partial charge in [0.2, 0.25) is 0 Å². The standard InChI is InChI=1S/C16H34.C3H9O6P.Na.H/c1-3-5-7-9-11-13-15-16-14-12-10-8-6-4-2;4-1-3(5)2-9-10(6,7)8;;/h3-16H2,1-2H3;3-5H,1-2H2,(H2,6,7,8);;/q;;+1;-1. The Hall–Kier alpha value is 1.03. The molecule has 0 fully saturated rings. The van der Waals surface area contributed by atoms with E-state index in [0.717, 1.165) is 0 Å². The van der Waals surface area contributed by atoms with Gasteiger partial charge in [0.05, 0.1) is 13.2 Å². The fourth-order valence-electron chi connectivity index (χ4n) is 2.50. The van der Waals surface area contributed by atoms with Gasteiger partial charge in [0.1, 0.15) is 6.10 Å². The predicted octanol–water partition coefficient (Wildman–Crippen LogP) is 2.05. The molecular formula is C19H44NaO6P. The zero-order chi connectivity index (χ0) is 20.1. The van der Waals surface area contributed by atoms with E-state index in [1.54, 1.807) is 0 Å². The van der Waals surface area contributed by atoms with Gasteiger partial charge in [-0.15, -0.1) is 0 Å². The van der Waals surface area contributed by atoms with Crippen molar-refractivity contribution in [3.05, 3.63) is 0 Å². The van der Waals surface area contributed by atoms with Crippen molar-refractivity contribution in [3.63, 3.8) is 0 Å². The van der Waals surface area contributed by atoms with Gasteiger partial charge < -0.3 is 21.4 Å². The first-order valence-electron chi connectivity index (χ1n) is 10.4. The van der Waals surface area contributed by atoms with Crippen LogP contribution in [0.15, 0.2) is 0 Å². The van der Waals surface area contributed by atoms with Crippen LogP contribution in [0.5, 0.6) is 0 Å². The van der Waals surface area contributed by atoms with Crippen molar-refractivity contribution in [2.75, 3.05) is 13.2 Å². The van der Waals surface area contributed by atoms with Gasteiger partial charge in [0, 0.05) is 0 Å². The molecule has 0 amide bonds. The first kappa shape index (κ1) is 32.7. The molecule has 4 N–H and O–H groups in total. The molecule has 0 saturated heterocycles. The number of rotatable bonds is 17. The van der Waals surface area contributed by atoms with Crippen LogP contribution in [0, 0.1) is 0 Å². The first-order valence-corrected chi connectivity index (χ1v) is 11.9. The molecular weight excluding hydrogens is 378 g/mol. The third-order valence-electron chi connectivity index (χ3n) is 4.10. The van der Waals surface area contributed by atoms with Crippen LogP contribution in [-0.2, 0) is 9.09 Å². The normalized spacial score (nSPS) is 12.1. The van der Waals surface area contributed by atoms with Crippen LogP contribution in [0.25, 0.3) is 0 Å². The van der Waals surface area contributed by atoms with Crippen LogP contribution in [-0.4, -0.2) is 39.3 Å². The maximum atomic E-state index is 9.93. The molecule has 0 radical (unpaired) electrons. The Morgan fingerprint density at radius 2 is 1.07 bits per heavy atom. The van der Waals surface area contributed by atoms with E-state index in [4.69, 9.17) is 20.0 Å². The minimum atomic E-state index is -4.50. The Morgan fingerprint density at radius 3 is 1.30 bits per heavy atom. The van der Waals surface area contributed by atoms with E-state index in [1.165, 1.54) is 89.9 Å². The summed E-state index contributed by atoms with van der Waals surface area (Å²) < 4.78 is 13.8. The first-order chi connectivity index (χ1) is 12.4. The van der Waals surface area contributed by atoms with Gasteiger partial charge >= 0.3 is 37.4 Å². The molecule has 162 valence electrons. The molecule has 1 unspecified atom stereocenters. The summed E-state index contributed by atoms with van der Waals surface area (Å²) >= 11 is 0. The predicted molar refractivity (Wildman–Crippen MR) is 108 cm³/mol. The third kappa shape index (κ3) is 34.9. The van der Waals surface area contributed by atoms with Gasteiger partial charge in [0.25, 0.3) is 0 Å². The van der Waals surface area contributed by atoms with Crippen molar-refractivity contribution in [2.24, 2.45) is 0 Å². The summed E-state index contributed by atoms with van der Waals surface area (Å²) in [6, 6.07) is 0. The van der Waals surface area contributed by atoms with Gasteiger partial charge in [-0.2, -0.15) is 0 Å². The van der Waals surface area contributed by atoms with Gasteiger partial charge in [-0.25, -0.2) is 4.57 Å². The van der Waals surface area contributed by atoms with Gasteiger partial charge in [-0.3, -0.25) is 4.52 Å². The van der Waals surface area contributed by atoms with Crippen molar-refractivity contribution in [1.82, 2.24) is 0 Å². The summed E-state index contributed by atoms with van der Waals surface area (Å²) in [4.78, 5) is 16.1. The molecule has 0 aliphatic heterocycles. The number of phosphoric ester groups is 1. The van der Waals surface area contributed by atoms with Crippen LogP contribution < -0.4 is 29.6 Å². The number of aliphatic hydroxyl groups excluding tert-OH is 2. The van der Waals surface area contributed by atoms with Crippen LogP contribution in [0.4, 0.5) is 0 Å². The van der Waals surface area contributed by atoms with Crippen molar-refractivity contribution in [1.29, 1.82) is 0 Å². The largest absolute Gasteiger partial charge is 1.00 e. The Bertz CT molecular complexity index is 307. The molecule has 1 atom stereocenters. The summed E-state index contributed by atoms with van der Waals surface area (Å²) in [5, 5.41) is 16.7. The number of phosphoric acid groups is 1. The minimum absolute atomic E-state index is 0. The molecule has 0 saturated carbocycles. The third-order valence-corrected chi connectivity index (χ3v) is 4.59. The summed E-state index contributed by atoms with van der Waals surface area (Å²) in [5.41, 5.74) is 0.